The van der Waals surface area contributed by atoms with Crippen LogP contribution in [-0.4, -0.2) is 25.1 Å². The highest BCUT2D eigenvalue weighted by atomic mass is 16.6. The average Bonchev–Trinajstić information content (AvgIpc) is 2.60. The Hall–Kier alpha value is -3.02. The van der Waals surface area contributed by atoms with Crippen LogP contribution < -0.4 is 19.5 Å². The second-order valence-electron chi connectivity index (χ2n) is 5.26. The molecule has 1 aliphatic rings. The highest BCUT2D eigenvalue weighted by molar-refractivity contribution is 5.95. The minimum Gasteiger partial charge on any atom is -0.482 e. The first-order valence-corrected chi connectivity index (χ1v) is 7.63. The molecule has 0 fully saturated rings. The molecule has 0 unspecified atom stereocenters. The molecule has 24 heavy (non-hydrogen) atoms. The summed E-state index contributed by atoms with van der Waals surface area (Å²) in [7, 11) is 0. The molecule has 0 saturated heterocycles. The number of hydrogen-bond acceptors (Lipinski definition) is 5. The van der Waals surface area contributed by atoms with Gasteiger partial charge in [-0.05, 0) is 36.2 Å². The van der Waals surface area contributed by atoms with Crippen molar-refractivity contribution in [1.82, 2.24) is 0 Å². The van der Waals surface area contributed by atoms with Gasteiger partial charge in [-0.2, -0.15) is 0 Å². The Bertz CT molecular complexity index is 755. The largest absolute Gasteiger partial charge is 0.482 e. The van der Waals surface area contributed by atoms with Crippen LogP contribution >= 0.6 is 0 Å². The first kappa shape index (κ1) is 15.9. The SMILES string of the molecule is CCc1ccc(OCC(=O)Oc2ccc3c(c2)NC(=O)CO3)cc1. The Labute approximate surface area is 139 Å². The lowest BCUT2D eigenvalue weighted by Crippen LogP contribution is -2.25. The maximum absolute atomic E-state index is 11.9. The van der Waals surface area contributed by atoms with Gasteiger partial charge in [-0.25, -0.2) is 4.79 Å². The number of hydrogen-bond donors (Lipinski definition) is 1. The number of esters is 1. The number of benzene rings is 2. The van der Waals surface area contributed by atoms with Crippen LogP contribution in [0.2, 0.25) is 0 Å². The Morgan fingerprint density at radius 2 is 1.92 bits per heavy atom. The van der Waals surface area contributed by atoms with Crippen molar-refractivity contribution in [2.24, 2.45) is 0 Å². The van der Waals surface area contributed by atoms with E-state index in [0.717, 1.165) is 6.42 Å². The summed E-state index contributed by atoms with van der Waals surface area (Å²) in [5, 5.41) is 2.66. The fourth-order valence-corrected chi connectivity index (χ4v) is 2.25. The molecule has 1 heterocycles. The standard InChI is InChI=1S/C18H17NO5/c1-2-12-3-5-13(6-4-12)22-11-18(21)24-14-7-8-16-15(9-14)19-17(20)10-23-16/h3-9H,2,10-11H2,1H3,(H,19,20). The van der Waals surface area contributed by atoms with Crippen LogP contribution in [0.25, 0.3) is 0 Å². The monoisotopic (exact) mass is 327 g/mol. The van der Waals surface area contributed by atoms with Crippen molar-refractivity contribution in [1.29, 1.82) is 0 Å². The Morgan fingerprint density at radius 3 is 2.67 bits per heavy atom. The van der Waals surface area contributed by atoms with Crippen LogP contribution in [-0.2, 0) is 16.0 Å². The van der Waals surface area contributed by atoms with Gasteiger partial charge in [-0.3, -0.25) is 4.79 Å². The van der Waals surface area contributed by atoms with Gasteiger partial charge in [0.05, 0.1) is 5.69 Å². The second kappa shape index (κ2) is 7.04. The van der Waals surface area contributed by atoms with E-state index in [0.29, 0.717) is 22.9 Å². The zero-order valence-corrected chi connectivity index (χ0v) is 13.2. The number of carbonyl (C=O) groups excluding carboxylic acids is 2. The summed E-state index contributed by atoms with van der Waals surface area (Å²) in [6.07, 6.45) is 0.945. The summed E-state index contributed by atoms with van der Waals surface area (Å²) < 4.78 is 15.9. The van der Waals surface area contributed by atoms with Crippen molar-refractivity contribution in [3.8, 4) is 17.2 Å². The molecular weight excluding hydrogens is 310 g/mol. The van der Waals surface area contributed by atoms with Gasteiger partial charge < -0.3 is 19.5 Å². The molecule has 6 heteroatoms. The Balaban J connectivity index is 1.56. The fourth-order valence-electron chi connectivity index (χ4n) is 2.25. The molecule has 2 aromatic rings. The normalized spacial score (nSPS) is 12.6. The van der Waals surface area contributed by atoms with Crippen LogP contribution in [0, 0.1) is 0 Å². The zero-order chi connectivity index (χ0) is 16.9. The first-order valence-electron chi connectivity index (χ1n) is 7.63. The lowest BCUT2D eigenvalue weighted by atomic mass is 10.2. The summed E-state index contributed by atoms with van der Waals surface area (Å²) in [4.78, 5) is 23.2. The lowest BCUT2D eigenvalue weighted by molar-refractivity contribution is -0.136. The molecule has 2 aromatic carbocycles. The Morgan fingerprint density at radius 1 is 1.17 bits per heavy atom. The predicted octanol–water partition coefficient (Wildman–Crippen LogP) is 2.56. The number of carbonyl (C=O) groups is 2. The van der Waals surface area contributed by atoms with Crippen LogP contribution in [0.15, 0.2) is 42.5 Å². The minimum absolute atomic E-state index is 0.0171. The van der Waals surface area contributed by atoms with Crippen LogP contribution in [0.3, 0.4) is 0 Å². The molecule has 0 saturated carbocycles. The summed E-state index contributed by atoms with van der Waals surface area (Å²) in [6, 6.07) is 12.3. The maximum atomic E-state index is 11.9. The lowest BCUT2D eigenvalue weighted by Gasteiger charge is -2.18. The molecule has 0 spiro atoms. The van der Waals surface area contributed by atoms with Gasteiger partial charge in [0.1, 0.15) is 17.2 Å². The quantitative estimate of drug-likeness (QED) is 0.675. The number of anilines is 1. The van der Waals surface area contributed by atoms with Gasteiger partial charge in [0.25, 0.3) is 5.91 Å². The van der Waals surface area contributed by atoms with E-state index in [1.165, 1.54) is 5.56 Å². The zero-order valence-electron chi connectivity index (χ0n) is 13.2. The second-order valence-corrected chi connectivity index (χ2v) is 5.26. The molecule has 1 amide bonds. The van der Waals surface area contributed by atoms with Crippen molar-refractivity contribution in [3.05, 3.63) is 48.0 Å². The number of aryl methyl sites for hydroxylation is 1. The van der Waals surface area contributed by atoms with Crippen LogP contribution in [0.4, 0.5) is 5.69 Å². The summed E-state index contributed by atoms with van der Waals surface area (Å²) in [5.41, 5.74) is 1.68. The van der Waals surface area contributed by atoms with Gasteiger partial charge >= 0.3 is 5.97 Å². The van der Waals surface area contributed by atoms with Crippen molar-refractivity contribution >= 4 is 17.6 Å². The van der Waals surface area contributed by atoms with Crippen LogP contribution in [0.1, 0.15) is 12.5 Å². The van der Waals surface area contributed by atoms with E-state index < -0.39 is 5.97 Å². The summed E-state index contributed by atoms with van der Waals surface area (Å²) in [6.45, 7) is 1.85. The molecule has 1 N–H and O–H groups in total. The fraction of sp³-hybridized carbons (Fsp3) is 0.222. The average molecular weight is 327 g/mol. The third-order valence-corrected chi connectivity index (χ3v) is 3.50. The highest BCUT2D eigenvalue weighted by Gasteiger charge is 2.17. The van der Waals surface area contributed by atoms with E-state index in [1.54, 1.807) is 18.2 Å². The molecule has 1 aliphatic heterocycles. The van der Waals surface area contributed by atoms with Gasteiger partial charge in [0, 0.05) is 6.07 Å². The molecule has 124 valence electrons. The predicted molar refractivity (Wildman–Crippen MR) is 87.5 cm³/mol. The van der Waals surface area contributed by atoms with E-state index in [-0.39, 0.29) is 19.1 Å². The van der Waals surface area contributed by atoms with Crippen molar-refractivity contribution in [3.63, 3.8) is 0 Å². The van der Waals surface area contributed by atoms with Gasteiger partial charge in [0.15, 0.2) is 13.2 Å². The number of rotatable bonds is 5. The van der Waals surface area contributed by atoms with E-state index >= 15 is 0 Å². The van der Waals surface area contributed by atoms with Crippen molar-refractivity contribution in [2.75, 3.05) is 18.5 Å². The van der Waals surface area contributed by atoms with Gasteiger partial charge in [-0.15, -0.1) is 0 Å². The summed E-state index contributed by atoms with van der Waals surface area (Å²) in [5.74, 6) is 0.689. The number of fused-ring (bicyclic) bond motifs is 1. The molecule has 0 aromatic heterocycles. The van der Waals surface area contributed by atoms with E-state index in [2.05, 4.69) is 12.2 Å². The smallest absolute Gasteiger partial charge is 0.349 e. The number of ether oxygens (including phenoxy) is 3. The molecule has 0 atom stereocenters. The van der Waals surface area contributed by atoms with Gasteiger partial charge in [0.2, 0.25) is 0 Å². The minimum atomic E-state index is -0.530. The number of amides is 1. The first-order chi connectivity index (χ1) is 11.6. The van der Waals surface area contributed by atoms with Crippen LogP contribution in [0.5, 0.6) is 17.2 Å². The molecule has 6 nitrogen and oxygen atoms in total. The topological polar surface area (TPSA) is 73.9 Å². The third kappa shape index (κ3) is 3.84. The molecular formula is C18H17NO5. The third-order valence-electron chi connectivity index (χ3n) is 3.50. The molecule has 0 aliphatic carbocycles. The molecule has 0 radical (unpaired) electrons. The Kier molecular flexibility index (Phi) is 4.65. The van der Waals surface area contributed by atoms with Gasteiger partial charge in [-0.1, -0.05) is 19.1 Å². The summed E-state index contributed by atoms with van der Waals surface area (Å²) >= 11 is 0. The molecule has 0 bridgehead atoms. The highest BCUT2D eigenvalue weighted by Crippen LogP contribution is 2.31. The van der Waals surface area contributed by atoms with Crippen molar-refractivity contribution in [2.45, 2.75) is 13.3 Å². The van der Waals surface area contributed by atoms with E-state index in [1.807, 2.05) is 24.3 Å². The van der Waals surface area contributed by atoms with E-state index in [4.69, 9.17) is 14.2 Å². The number of nitrogens with one attached hydrogen (secondary N) is 1. The molecule has 3 rings (SSSR count). The van der Waals surface area contributed by atoms with E-state index in [9.17, 15) is 9.59 Å². The maximum Gasteiger partial charge on any atom is 0.349 e. The van der Waals surface area contributed by atoms with Crippen molar-refractivity contribution < 1.29 is 23.8 Å².